The third-order valence-electron chi connectivity index (χ3n) is 3.03. The van der Waals surface area contributed by atoms with Gasteiger partial charge in [-0.3, -0.25) is 5.32 Å². The highest BCUT2D eigenvalue weighted by Crippen LogP contribution is 2.22. The summed E-state index contributed by atoms with van der Waals surface area (Å²) < 4.78 is 9.87. The summed E-state index contributed by atoms with van der Waals surface area (Å²) in [5, 5.41) is 2.60. The van der Waals surface area contributed by atoms with Crippen LogP contribution in [0.5, 0.6) is 0 Å². The van der Waals surface area contributed by atoms with Crippen LogP contribution < -0.4 is 5.32 Å². The molecule has 0 aliphatic heterocycles. The van der Waals surface area contributed by atoms with Crippen LogP contribution in [0.4, 0.5) is 10.6 Å². The smallest absolute Gasteiger partial charge is 0.413 e. The number of methoxy groups -OCH3 is 1. The Morgan fingerprint density at radius 2 is 1.71 bits per heavy atom. The van der Waals surface area contributed by atoms with Crippen LogP contribution in [0.15, 0.2) is 42.6 Å². The lowest BCUT2D eigenvalue weighted by Gasteiger charge is -2.19. The van der Waals surface area contributed by atoms with Crippen molar-refractivity contribution < 1.29 is 19.1 Å². The van der Waals surface area contributed by atoms with Gasteiger partial charge in [-0.1, -0.05) is 12.1 Å². The fourth-order valence-electron chi connectivity index (χ4n) is 2.00. The summed E-state index contributed by atoms with van der Waals surface area (Å²) >= 11 is 0. The van der Waals surface area contributed by atoms with E-state index in [1.165, 1.54) is 7.11 Å². The Bertz CT molecular complexity index is 733. The molecule has 1 amide bonds. The van der Waals surface area contributed by atoms with Crippen molar-refractivity contribution in [3.8, 4) is 11.1 Å². The number of hydrogen-bond acceptors (Lipinski definition) is 5. The van der Waals surface area contributed by atoms with E-state index in [1.807, 2.05) is 6.07 Å². The molecule has 0 saturated carbocycles. The molecule has 2 rings (SSSR count). The van der Waals surface area contributed by atoms with E-state index in [-0.39, 0.29) is 5.97 Å². The predicted octanol–water partition coefficient (Wildman–Crippen LogP) is 3.88. The number of pyridine rings is 1. The summed E-state index contributed by atoms with van der Waals surface area (Å²) in [6.45, 7) is 5.37. The lowest BCUT2D eigenvalue weighted by atomic mass is 10.0. The first-order valence-electron chi connectivity index (χ1n) is 7.43. The number of rotatable bonds is 3. The molecule has 0 radical (unpaired) electrons. The maximum atomic E-state index is 11.8. The Hall–Kier alpha value is -2.89. The lowest BCUT2D eigenvalue weighted by molar-refractivity contribution is 0.0598. The predicted molar refractivity (Wildman–Crippen MR) is 90.9 cm³/mol. The van der Waals surface area contributed by atoms with E-state index < -0.39 is 11.7 Å². The van der Waals surface area contributed by atoms with Crippen molar-refractivity contribution in [1.29, 1.82) is 0 Å². The topological polar surface area (TPSA) is 77.5 Å². The molecule has 0 unspecified atom stereocenters. The van der Waals surface area contributed by atoms with Gasteiger partial charge in [-0.2, -0.15) is 0 Å². The van der Waals surface area contributed by atoms with E-state index in [2.05, 4.69) is 15.0 Å². The third-order valence-corrected chi connectivity index (χ3v) is 3.03. The average molecular weight is 328 g/mol. The molecule has 1 aromatic carbocycles. The molecular formula is C18H20N2O4. The van der Waals surface area contributed by atoms with Crippen molar-refractivity contribution in [3.05, 3.63) is 48.2 Å². The molecule has 1 N–H and O–H groups in total. The van der Waals surface area contributed by atoms with E-state index in [4.69, 9.17) is 4.74 Å². The van der Waals surface area contributed by atoms with Gasteiger partial charge in [0.1, 0.15) is 11.4 Å². The second kappa shape index (κ2) is 7.12. The maximum Gasteiger partial charge on any atom is 0.413 e. The summed E-state index contributed by atoms with van der Waals surface area (Å²) in [7, 11) is 1.34. The largest absolute Gasteiger partial charge is 0.465 e. The third kappa shape index (κ3) is 4.81. The second-order valence-corrected chi connectivity index (χ2v) is 6.13. The Labute approximate surface area is 140 Å². The summed E-state index contributed by atoms with van der Waals surface area (Å²) in [5.74, 6) is 0.00218. The van der Waals surface area contributed by atoms with Gasteiger partial charge in [0.15, 0.2) is 0 Å². The zero-order valence-corrected chi connectivity index (χ0v) is 14.1. The summed E-state index contributed by atoms with van der Waals surface area (Å²) in [6.07, 6.45) is 1.03. The van der Waals surface area contributed by atoms with Crippen molar-refractivity contribution >= 4 is 17.9 Å². The van der Waals surface area contributed by atoms with Gasteiger partial charge in [0, 0.05) is 6.20 Å². The van der Waals surface area contributed by atoms with Gasteiger partial charge >= 0.3 is 12.1 Å². The first-order valence-corrected chi connectivity index (χ1v) is 7.43. The number of carbonyl (C=O) groups is 2. The highest BCUT2D eigenvalue weighted by molar-refractivity contribution is 5.90. The standard InChI is InChI=1S/C18H20N2O4/c1-18(2,3)24-17(22)20-15-11-14(9-10-19-15)12-5-7-13(8-6-12)16(21)23-4/h5-11H,1-4H3,(H,19,20,22). The molecule has 1 aromatic heterocycles. The number of hydrogen-bond donors (Lipinski definition) is 1. The van der Waals surface area contributed by atoms with Crippen LogP contribution in [-0.2, 0) is 9.47 Å². The van der Waals surface area contributed by atoms with Gasteiger partial charge in [-0.25, -0.2) is 14.6 Å². The lowest BCUT2D eigenvalue weighted by Crippen LogP contribution is -2.27. The van der Waals surface area contributed by atoms with E-state index in [9.17, 15) is 9.59 Å². The molecule has 6 nitrogen and oxygen atoms in total. The van der Waals surface area contributed by atoms with Crippen molar-refractivity contribution in [2.75, 3.05) is 12.4 Å². The van der Waals surface area contributed by atoms with Crippen LogP contribution in [0, 0.1) is 0 Å². The van der Waals surface area contributed by atoms with Crippen LogP contribution in [0.3, 0.4) is 0 Å². The molecule has 0 saturated heterocycles. The number of carbonyl (C=O) groups excluding carboxylic acids is 2. The van der Waals surface area contributed by atoms with Crippen LogP contribution in [0.1, 0.15) is 31.1 Å². The summed E-state index contributed by atoms with van der Waals surface area (Å²) in [5.41, 5.74) is 1.64. The average Bonchev–Trinajstić information content (AvgIpc) is 2.52. The number of esters is 1. The Morgan fingerprint density at radius 1 is 1.04 bits per heavy atom. The first-order chi connectivity index (χ1) is 11.3. The van der Waals surface area contributed by atoms with Crippen molar-refractivity contribution in [2.24, 2.45) is 0 Å². The Kier molecular flexibility index (Phi) is 5.18. The molecule has 126 valence electrons. The van der Waals surface area contributed by atoms with E-state index in [0.717, 1.165) is 11.1 Å². The molecular weight excluding hydrogens is 308 g/mol. The number of aromatic nitrogens is 1. The van der Waals surface area contributed by atoms with Crippen LogP contribution in [0.25, 0.3) is 11.1 Å². The SMILES string of the molecule is COC(=O)c1ccc(-c2ccnc(NC(=O)OC(C)(C)C)c2)cc1. The van der Waals surface area contributed by atoms with Crippen LogP contribution in [-0.4, -0.2) is 29.8 Å². The number of nitrogens with one attached hydrogen (secondary N) is 1. The van der Waals surface area contributed by atoms with Gasteiger partial charge in [0.2, 0.25) is 0 Å². The van der Waals surface area contributed by atoms with Crippen molar-refractivity contribution in [2.45, 2.75) is 26.4 Å². The van der Waals surface area contributed by atoms with Crippen LogP contribution >= 0.6 is 0 Å². The molecule has 0 bridgehead atoms. The van der Waals surface area contributed by atoms with Gasteiger partial charge < -0.3 is 9.47 Å². The maximum absolute atomic E-state index is 11.8. The van der Waals surface area contributed by atoms with Crippen LogP contribution in [0.2, 0.25) is 0 Å². The normalized spacial score (nSPS) is 10.8. The highest BCUT2D eigenvalue weighted by Gasteiger charge is 2.16. The fourth-order valence-corrected chi connectivity index (χ4v) is 2.00. The van der Waals surface area contributed by atoms with E-state index in [0.29, 0.717) is 11.4 Å². The number of ether oxygens (including phenoxy) is 2. The molecule has 0 aliphatic carbocycles. The molecule has 0 aliphatic rings. The number of nitrogens with zero attached hydrogens (tertiary/aromatic N) is 1. The highest BCUT2D eigenvalue weighted by atomic mass is 16.6. The van der Waals surface area contributed by atoms with Gasteiger partial charge in [0.25, 0.3) is 0 Å². The van der Waals surface area contributed by atoms with Gasteiger partial charge in [-0.15, -0.1) is 0 Å². The molecule has 2 aromatic rings. The molecule has 0 spiro atoms. The summed E-state index contributed by atoms with van der Waals surface area (Å²) in [4.78, 5) is 27.4. The number of amides is 1. The van der Waals surface area contributed by atoms with Gasteiger partial charge in [-0.05, 0) is 56.2 Å². The zero-order chi connectivity index (χ0) is 17.7. The quantitative estimate of drug-likeness (QED) is 0.865. The minimum absolute atomic E-state index is 0.386. The Morgan fingerprint density at radius 3 is 2.29 bits per heavy atom. The fraction of sp³-hybridized carbons (Fsp3) is 0.278. The Balaban J connectivity index is 2.15. The number of anilines is 1. The molecule has 0 fully saturated rings. The molecule has 1 heterocycles. The minimum atomic E-state index is -0.578. The minimum Gasteiger partial charge on any atom is -0.465 e. The number of benzene rings is 1. The first kappa shape index (κ1) is 17.5. The summed E-state index contributed by atoms with van der Waals surface area (Å²) in [6, 6.07) is 10.5. The molecule has 24 heavy (non-hydrogen) atoms. The van der Waals surface area contributed by atoms with E-state index >= 15 is 0 Å². The van der Waals surface area contributed by atoms with Gasteiger partial charge in [0.05, 0.1) is 12.7 Å². The monoisotopic (exact) mass is 328 g/mol. The molecule has 0 atom stereocenters. The van der Waals surface area contributed by atoms with Crippen molar-refractivity contribution in [3.63, 3.8) is 0 Å². The second-order valence-electron chi connectivity index (χ2n) is 6.13. The van der Waals surface area contributed by atoms with E-state index in [1.54, 1.807) is 57.3 Å². The molecule has 6 heteroatoms. The van der Waals surface area contributed by atoms with Crippen molar-refractivity contribution in [1.82, 2.24) is 4.98 Å². The zero-order valence-electron chi connectivity index (χ0n) is 14.1.